The second-order valence-electron chi connectivity index (χ2n) is 4.27. The maximum Gasteiger partial charge on any atom is 0.308 e. The molecule has 1 fully saturated rings. The molecule has 2 rings (SSSR count). The lowest BCUT2D eigenvalue weighted by molar-refractivity contribution is -0.143. The lowest BCUT2D eigenvalue weighted by atomic mass is 9.98. The summed E-state index contributed by atoms with van der Waals surface area (Å²) in [5, 5.41) is 8.94. The number of carbonyl (C=O) groups excluding carboxylic acids is 1. The number of nitrogens with zero attached hydrogens (tertiary/aromatic N) is 2. The first kappa shape index (κ1) is 12.5. The van der Waals surface area contributed by atoms with Crippen molar-refractivity contribution in [2.24, 2.45) is 5.92 Å². The molecule has 1 N–H and O–H groups in total. The highest BCUT2D eigenvalue weighted by Crippen LogP contribution is 2.18. The van der Waals surface area contributed by atoms with Crippen molar-refractivity contribution in [3.05, 3.63) is 29.8 Å². The third kappa shape index (κ3) is 2.64. The second-order valence-corrected chi connectivity index (χ2v) is 4.27. The molecule has 0 unspecified atom stereocenters. The van der Waals surface area contributed by atoms with Gasteiger partial charge in [-0.05, 0) is 25.0 Å². The van der Waals surface area contributed by atoms with Gasteiger partial charge in [-0.3, -0.25) is 9.59 Å². The van der Waals surface area contributed by atoms with Gasteiger partial charge in [0.25, 0.3) is 5.91 Å². The molecule has 1 aromatic heterocycles. The standard InChI is InChI=1S/C12H13FN2O3/c13-10-5-1-4-9(14-10)11(16)15-6-2-3-8(7-15)12(17)18/h1,4-5,8H,2-3,6-7H2,(H,17,18)/t8-/m0/s1. The van der Waals surface area contributed by atoms with Gasteiger partial charge in [-0.1, -0.05) is 6.07 Å². The van der Waals surface area contributed by atoms with Crippen LogP contribution < -0.4 is 0 Å². The molecule has 1 aromatic rings. The summed E-state index contributed by atoms with van der Waals surface area (Å²) in [6.45, 7) is 0.646. The predicted octanol–water partition coefficient (Wildman–Crippen LogP) is 1.16. The number of carboxylic acid groups (broad SMARTS) is 1. The molecule has 96 valence electrons. The molecule has 1 atom stereocenters. The number of likely N-dealkylation sites (tertiary alicyclic amines) is 1. The summed E-state index contributed by atoms with van der Waals surface area (Å²) in [7, 11) is 0. The van der Waals surface area contributed by atoms with Crippen LogP contribution in [0.25, 0.3) is 0 Å². The van der Waals surface area contributed by atoms with E-state index in [1.54, 1.807) is 0 Å². The van der Waals surface area contributed by atoms with Gasteiger partial charge in [0.05, 0.1) is 5.92 Å². The molecule has 6 heteroatoms. The van der Waals surface area contributed by atoms with Crippen LogP contribution in [0, 0.1) is 11.9 Å². The Bertz CT molecular complexity index is 478. The van der Waals surface area contributed by atoms with Crippen LogP contribution in [-0.4, -0.2) is 40.0 Å². The molecule has 0 radical (unpaired) electrons. The molecule has 0 saturated carbocycles. The minimum Gasteiger partial charge on any atom is -0.481 e. The number of carboxylic acids is 1. The van der Waals surface area contributed by atoms with Crippen molar-refractivity contribution in [1.82, 2.24) is 9.88 Å². The summed E-state index contributed by atoms with van der Waals surface area (Å²) in [5.41, 5.74) is 0.0149. The molecular weight excluding hydrogens is 239 g/mol. The van der Waals surface area contributed by atoms with E-state index >= 15 is 0 Å². The zero-order valence-corrected chi connectivity index (χ0v) is 9.67. The van der Waals surface area contributed by atoms with Gasteiger partial charge in [0.2, 0.25) is 5.95 Å². The SMILES string of the molecule is O=C(O)[C@H]1CCCN(C(=O)c2cccc(F)n2)C1. The van der Waals surface area contributed by atoms with E-state index in [4.69, 9.17) is 5.11 Å². The molecule has 0 aliphatic carbocycles. The van der Waals surface area contributed by atoms with Crippen LogP contribution in [0.4, 0.5) is 4.39 Å². The van der Waals surface area contributed by atoms with Crippen molar-refractivity contribution < 1.29 is 19.1 Å². The fraction of sp³-hybridized carbons (Fsp3) is 0.417. The van der Waals surface area contributed by atoms with E-state index in [9.17, 15) is 14.0 Å². The third-order valence-electron chi connectivity index (χ3n) is 2.99. The Balaban J connectivity index is 2.11. The Hall–Kier alpha value is -1.98. The summed E-state index contributed by atoms with van der Waals surface area (Å²) < 4.78 is 12.9. The van der Waals surface area contributed by atoms with Crippen molar-refractivity contribution in [2.45, 2.75) is 12.8 Å². The highest BCUT2D eigenvalue weighted by Gasteiger charge is 2.29. The van der Waals surface area contributed by atoms with E-state index < -0.39 is 23.7 Å². The van der Waals surface area contributed by atoms with Crippen molar-refractivity contribution in [3.63, 3.8) is 0 Å². The van der Waals surface area contributed by atoms with E-state index in [0.717, 1.165) is 6.07 Å². The van der Waals surface area contributed by atoms with Gasteiger partial charge in [0, 0.05) is 13.1 Å². The minimum atomic E-state index is -0.903. The maximum atomic E-state index is 12.9. The number of hydrogen-bond donors (Lipinski definition) is 1. The van der Waals surface area contributed by atoms with Crippen LogP contribution in [-0.2, 0) is 4.79 Å². The fourth-order valence-electron chi connectivity index (χ4n) is 2.05. The van der Waals surface area contributed by atoms with E-state index in [0.29, 0.717) is 19.4 Å². The van der Waals surface area contributed by atoms with E-state index in [-0.39, 0.29) is 12.2 Å². The smallest absolute Gasteiger partial charge is 0.308 e. The van der Waals surface area contributed by atoms with Gasteiger partial charge in [0.15, 0.2) is 0 Å². The Morgan fingerprint density at radius 1 is 1.44 bits per heavy atom. The number of aromatic nitrogens is 1. The number of hydrogen-bond acceptors (Lipinski definition) is 3. The third-order valence-corrected chi connectivity index (χ3v) is 2.99. The molecule has 1 saturated heterocycles. The number of amides is 1. The van der Waals surface area contributed by atoms with Gasteiger partial charge in [0.1, 0.15) is 5.69 Å². The van der Waals surface area contributed by atoms with Crippen LogP contribution in [0.3, 0.4) is 0 Å². The van der Waals surface area contributed by atoms with E-state index in [1.807, 2.05) is 0 Å². The molecule has 0 aromatic carbocycles. The van der Waals surface area contributed by atoms with Crippen LogP contribution in [0.1, 0.15) is 23.3 Å². The Morgan fingerprint density at radius 3 is 2.89 bits per heavy atom. The molecule has 0 spiro atoms. The summed E-state index contributed by atoms with van der Waals surface area (Å²) >= 11 is 0. The lowest BCUT2D eigenvalue weighted by Crippen LogP contribution is -2.42. The first-order valence-electron chi connectivity index (χ1n) is 5.72. The first-order chi connectivity index (χ1) is 8.58. The quantitative estimate of drug-likeness (QED) is 0.802. The predicted molar refractivity (Wildman–Crippen MR) is 60.5 cm³/mol. The van der Waals surface area contributed by atoms with Crippen molar-refractivity contribution in [2.75, 3.05) is 13.1 Å². The summed E-state index contributed by atoms with van der Waals surface area (Å²) in [4.78, 5) is 27.9. The van der Waals surface area contributed by atoms with Crippen LogP contribution in [0.15, 0.2) is 18.2 Å². The molecule has 1 aliphatic rings. The topological polar surface area (TPSA) is 70.5 Å². The number of halogens is 1. The fourth-order valence-corrected chi connectivity index (χ4v) is 2.05. The molecule has 1 aliphatic heterocycles. The summed E-state index contributed by atoms with van der Waals surface area (Å²) in [6, 6.07) is 4.00. The number of pyridine rings is 1. The maximum absolute atomic E-state index is 12.9. The highest BCUT2D eigenvalue weighted by atomic mass is 19.1. The van der Waals surface area contributed by atoms with Crippen molar-refractivity contribution in [3.8, 4) is 0 Å². The first-order valence-corrected chi connectivity index (χ1v) is 5.72. The zero-order chi connectivity index (χ0) is 13.1. The van der Waals surface area contributed by atoms with Crippen molar-refractivity contribution in [1.29, 1.82) is 0 Å². The monoisotopic (exact) mass is 252 g/mol. The minimum absolute atomic E-state index is 0.0149. The van der Waals surface area contributed by atoms with Gasteiger partial charge >= 0.3 is 5.97 Å². The lowest BCUT2D eigenvalue weighted by Gasteiger charge is -2.30. The number of rotatable bonds is 2. The molecule has 0 bridgehead atoms. The Kier molecular flexibility index (Phi) is 3.55. The molecule has 2 heterocycles. The van der Waals surface area contributed by atoms with E-state index in [1.165, 1.54) is 17.0 Å². The summed E-state index contributed by atoms with van der Waals surface area (Å²) in [6.07, 6.45) is 1.20. The molecule has 18 heavy (non-hydrogen) atoms. The second kappa shape index (κ2) is 5.12. The number of piperidine rings is 1. The average Bonchev–Trinajstić information content (AvgIpc) is 2.38. The molecule has 1 amide bonds. The molecular formula is C12H13FN2O3. The number of carbonyl (C=O) groups is 2. The van der Waals surface area contributed by atoms with Gasteiger partial charge in [-0.15, -0.1) is 0 Å². The van der Waals surface area contributed by atoms with Gasteiger partial charge in [-0.25, -0.2) is 4.98 Å². The number of aliphatic carboxylic acids is 1. The largest absolute Gasteiger partial charge is 0.481 e. The average molecular weight is 252 g/mol. The van der Waals surface area contributed by atoms with Gasteiger partial charge in [-0.2, -0.15) is 4.39 Å². The Labute approximate surface area is 103 Å². The van der Waals surface area contributed by atoms with Crippen LogP contribution >= 0.6 is 0 Å². The summed E-state index contributed by atoms with van der Waals surface area (Å²) in [5.74, 6) is -2.58. The molecule has 5 nitrogen and oxygen atoms in total. The van der Waals surface area contributed by atoms with Gasteiger partial charge < -0.3 is 10.0 Å². The Morgan fingerprint density at radius 2 is 2.22 bits per heavy atom. The highest BCUT2D eigenvalue weighted by molar-refractivity contribution is 5.92. The van der Waals surface area contributed by atoms with Crippen LogP contribution in [0.2, 0.25) is 0 Å². The van der Waals surface area contributed by atoms with Crippen molar-refractivity contribution >= 4 is 11.9 Å². The van der Waals surface area contributed by atoms with E-state index in [2.05, 4.69) is 4.98 Å². The zero-order valence-electron chi connectivity index (χ0n) is 9.67. The normalized spacial score (nSPS) is 19.6. The van der Waals surface area contributed by atoms with Crippen LogP contribution in [0.5, 0.6) is 0 Å².